The third kappa shape index (κ3) is 2.59. The number of hydrogen-bond acceptors (Lipinski definition) is 2. The van der Waals surface area contributed by atoms with E-state index in [-0.39, 0.29) is 5.91 Å². The monoisotopic (exact) mass is 296 g/mol. The Labute approximate surface area is 127 Å². The van der Waals surface area contributed by atoms with E-state index in [1.54, 1.807) is 11.3 Å². The van der Waals surface area contributed by atoms with Gasteiger partial charge in [-0.15, -0.1) is 11.3 Å². The maximum absolute atomic E-state index is 12.2. The molecule has 1 aromatic carbocycles. The molecule has 0 bridgehead atoms. The standard InChI is InChI=1S/C17H16N2OS/c20-17(18-9-12-4-2-1-3-5-12)15-8-13-10-19(14-6-7-14)11-16(13)21-15/h1-5,8,10-11,14H,6-7,9H2,(H,18,20). The van der Waals surface area contributed by atoms with Gasteiger partial charge in [-0.05, 0) is 24.5 Å². The molecule has 4 heteroatoms. The topological polar surface area (TPSA) is 34.0 Å². The van der Waals surface area contributed by atoms with E-state index in [0.29, 0.717) is 12.6 Å². The number of fused-ring (bicyclic) bond motifs is 1. The highest BCUT2D eigenvalue weighted by Crippen LogP contribution is 2.38. The van der Waals surface area contributed by atoms with Crippen LogP contribution in [-0.2, 0) is 6.54 Å². The van der Waals surface area contributed by atoms with Crippen LogP contribution in [0, 0.1) is 0 Å². The molecule has 2 heterocycles. The zero-order chi connectivity index (χ0) is 14.2. The molecule has 2 aromatic heterocycles. The number of nitrogens with zero attached hydrogens (tertiary/aromatic N) is 1. The second-order valence-electron chi connectivity index (χ2n) is 5.54. The molecule has 1 amide bonds. The molecule has 1 saturated carbocycles. The number of rotatable bonds is 4. The lowest BCUT2D eigenvalue weighted by Gasteiger charge is -2.03. The smallest absolute Gasteiger partial charge is 0.261 e. The van der Waals surface area contributed by atoms with E-state index in [0.717, 1.165) is 10.4 Å². The first-order valence-corrected chi connectivity index (χ1v) is 8.04. The van der Waals surface area contributed by atoms with Crippen LogP contribution in [-0.4, -0.2) is 10.5 Å². The molecule has 0 spiro atoms. The summed E-state index contributed by atoms with van der Waals surface area (Å²) in [5.41, 5.74) is 1.12. The van der Waals surface area contributed by atoms with Crippen LogP contribution in [0.2, 0.25) is 0 Å². The fourth-order valence-electron chi connectivity index (χ4n) is 2.51. The van der Waals surface area contributed by atoms with Gasteiger partial charge in [-0.3, -0.25) is 4.79 Å². The van der Waals surface area contributed by atoms with Gasteiger partial charge >= 0.3 is 0 Å². The summed E-state index contributed by atoms with van der Waals surface area (Å²) in [5, 5.41) is 4.16. The van der Waals surface area contributed by atoms with E-state index < -0.39 is 0 Å². The summed E-state index contributed by atoms with van der Waals surface area (Å²) in [6.45, 7) is 0.573. The van der Waals surface area contributed by atoms with Gasteiger partial charge in [0.1, 0.15) is 0 Å². The first-order valence-electron chi connectivity index (χ1n) is 7.23. The molecule has 1 fully saturated rings. The Morgan fingerprint density at radius 1 is 1.24 bits per heavy atom. The number of nitrogens with one attached hydrogen (secondary N) is 1. The normalized spacial score (nSPS) is 14.5. The molecule has 1 aliphatic carbocycles. The van der Waals surface area contributed by atoms with Crippen LogP contribution < -0.4 is 5.32 Å². The van der Waals surface area contributed by atoms with Gasteiger partial charge in [0, 0.05) is 30.4 Å². The summed E-state index contributed by atoms with van der Waals surface area (Å²) in [4.78, 5) is 13.0. The minimum Gasteiger partial charge on any atom is -0.349 e. The summed E-state index contributed by atoms with van der Waals surface area (Å²) in [6.07, 6.45) is 6.90. The van der Waals surface area contributed by atoms with Crippen LogP contribution in [0.3, 0.4) is 0 Å². The zero-order valence-electron chi connectivity index (χ0n) is 11.6. The predicted octanol–water partition coefficient (Wildman–Crippen LogP) is 3.97. The van der Waals surface area contributed by atoms with Gasteiger partial charge in [-0.25, -0.2) is 0 Å². The van der Waals surface area contributed by atoms with Crippen LogP contribution in [0.5, 0.6) is 0 Å². The summed E-state index contributed by atoms with van der Waals surface area (Å²) < 4.78 is 3.49. The summed E-state index contributed by atoms with van der Waals surface area (Å²) >= 11 is 1.57. The van der Waals surface area contributed by atoms with E-state index in [2.05, 4.69) is 22.3 Å². The highest BCUT2D eigenvalue weighted by atomic mass is 32.1. The minimum atomic E-state index is 0.0121. The van der Waals surface area contributed by atoms with Gasteiger partial charge in [-0.2, -0.15) is 0 Å². The lowest BCUT2D eigenvalue weighted by molar-refractivity contribution is 0.0955. The highest BCUT2D eigenvalue weighted by molar-refractivity contribution is 7.20. The molecule has 0 radical (unpaired) electrons. The van der Waals surface area contributed by atoms with Crippen molar-refractivity contribution < 1.29 is 4.79 Å². The fourth-order valence-corrected chi connectivity index (χ4v) is 3.51. The first-order chi connectivity index (χ1) is 10.3. The lowest BCUT2D eigenvalue weighted by Crippen LogP contribution is -2.21. The molecule has 0 unspecified atom stereocenters. The third-order valence-corrected chi connectivity index (χ3v) is 4.92. The van der Waals surface area contributed by atoms with Crippen molar-refractivity contribution in [3.63, 3.8) is 0 Å². The van der Waals surface area contributed by atoms with E-state index in [9.17, 15) is 4.79 Å². The average molecular weight is 296 g/mol. The largest absolute Gasteiger partial charge is 0.349 e. The molecule has 0 atom stereocenters. The maximum Gasteiger partial charge on any atom is 0.261 e. The summed E-state index contributed by atoms with van der Waals surface area (Å²) in [7, 11) is 0. The Kier molecular flexibility index (Phi) is 3.04. The predicted molar refractivity (Wildman–Crippen MR) is 85.7 cm³/mol. The number of amides is 1. The Balaban J connectivity index is 1.47. The average Bonchev–Trinajstić information content (AvgIpc) is 3.16. The van der Waals surface area contributed by atoms with Crippen molar-refractivity contribution in [2.75, 3.05) is 0 Å². The fraction of sp³-hybridized carbons (Fsp3) is 0.235. The van der Waals surface area contributed by atoms with Crippen LogP contribution in [0.15, 0.2) is 48.8 Å². The number of thiophene rings is 1. The Morgan fingerprint density at radius 3 is 2.76 bits per heavy atom. The van der Waals surface area contributed by atoms with Crippen molar-refractivity contribution in [3.05, 3.63) is 59.2 Å². The van der Waals surface area contributed by atoms with Gasteiger partial charge in [0.05, 0.1) is 9.58 Å². The van der Waals surface area contributed by atoms with Gasteiger partial charge in [0.25, 0.3) is 5.91 Å². The molecule has 0 aliphatic heterocycles. The first kappa shape index (κ1) is 12.7. The zero-order valence-corrected chi connectivity index (χ0v) is 12.4. The van der Waals surface area contributed by atoms with Gasteiger partial charge in [-0.1, -0.05) is 30.3 Å². The lowest BCUT2D eigenvalue weighted by atomic mass is 10.2. The van der Waals surface area contributed by atoms with Crippen LogP contribution in [0.25, 0.3) is 10.1 Å². The van der Waals surface area contributed by atoms with Crippen molar-refractivity contribution in [2.24, 2.45) is 0 Å². The van der Waals surface area contributed by atoms with Crippen LogP contribution in [0.4, 0.5) is 0 Å². The number of hydrogen-bond donors (Lipinski definition) is 1. The maximum atomic E-state index is 12.2. The van der Waals surface area contributed by atoms with E-state index in [1.807, 2.05) is 36.4 Å². The molecule has 1 aliphatic rings. The molecular weight excluding hydrogens is 280 g/mol. The van der Waals surface area contributed by atoms with Crippen molar-refractivity contribution in [1.29, 1.82) is 0 Å². The van der Waals surface area contributed by atoms with Gasteiger partial charge < -0.3 is 9.88 Å². The van der Waals surface area contributed by atoms with E-state index >= 15 is 0 Å². The molecular formula is C17H16N2OS. The molecule has 0 saturated heterocycles. The Morgan fingerprint density at radius 2 is 2.05 bits per heavy atom. The number of carbonyl (C=O) groups excluding carboxylic acids is 1. The quantitative estimate of drug-likeness (QED) is 0.776. The third-order valence-electron chi connectivity index (χ3n) is 3.83. The van der Waals surface area contributed by atoms with Crippen LogP contribution >= 0.6 is 11.3 Å². The highest BCUT2D eigenvalue weighted by Gasteiger charge is 2.23. The molecule has 4 rings (SSSR count). The van der Waals surface area contributed by atoms with E-state index in [1.165, 1.54) is 22.9 Å². The van der Waals surface area contributed by atoms with Gasteiger partial charge in [0.15, 0.2) is 0 Å². The summed E-state index contributed by atoms with van der Waals surface area (Å²) in [6, 6.07) is 12.7. The Hall–Kier alpha value is -2.07. The number of aromatic nitrogens is 1. The number of benzene rings is 1. The van der Waals surface area contributed by atoms with Gasteiger partial charge in [0.2, 0.25) is 0 Å². The van der Waals surface area contributed by atoms with Crippen molar-refractivity contribution in [3.8, 4) is 0 Å². The second-order valence-corrected chi connectivity index (χ2v) is 6.62. The summed E-state index contributed by atoms with van der Waals surface area (Å²) in [5.74, 6) is 0.0121. The van der Waals surface area contributed by atoms with Crippen molar-refractivity contribution in [1.82, 2.24) is 9.88 Å². The molecule has 106 valence electrons. The van der Waals surface area contributed by atoms with Crippen molar-refractivity contribution >= 4 is 27.3 Å². The Bertz CT molecular complexity index is 752. The van der Waals surface area contributed by atoms with Crippen LogP contribution in [0.1, 0.15) is 34.1 Å². The molecule has 3 nitrogen and oxygen atoms in total. The second kappa shape index (κ2) is 5.04. The molecule has 3 aromatic rings. The minimum absolute atomic E-state index is 0.0121. The number of carbonyl (C=O) groups is 1. The molecule has 21 heavy (non-hydrogen) atoms. The van der Waals surface area contributed by atoms with E-state index in [4.69, 9.17) is 0 Å². The molecule has 1 N–H and O–H groups in total. The SMILES string of the molecule is O=C(NCc1ccccc1)c1cc2cn(C3CC3)cc2s1. The van der Waals surface area contributed by atoms with Crippen molar-refractivity contribution in [2.45, 2.75) is 25.4 Å².